The van der Waals surface area contributed by atoms with E-state index in [1.165, 1.54) is 28.3 Å². The van der Waals surface area contributed by atoms with Crippen LogP contribution < -0.4 is 0 Å². The van der Waals surface area contributed by atoms with Crippen LogP contribution in [0.15, 0.2) is 42.5 Å². The Morgan fingerprint density at radius 3 is 2.73 bits per heavy atom. The van der Waals surface area contributed by atoms with E-state index in [1.54, 1.807) is 6.07 Å². The van der Waals surface area contributed by atoms with Gasteiger partial charge in [0, 0.05) is 30.0 Å². The number of nitrogens with zero attached hydrogens (tertiary/aromatic N) is 4. The molecule has 170 valence electrons. The summed E-state index contributed by atoms with van der Waals surface area (Å²) in [6.07, 6.45) is 4.14. The van der Waals surface area contributed by atoms with Gasteiger partial charge in [0.25, 0.3) is 0 Å². The Balaban J connectivity index is 1.23. The minimum Gasteiger partial charge on any atom is -0.272 e. The van der Waals surface area contributed by atoms with E-state index in [0.29, 0.717) is 24.5 Å². The molecule has 1 saturated carbocycles. The molecule has 2 fully saturated rings. The van der Waals surface area contributed by atoms with Gasteiger partial charge in [-0.1, -0.05) is 18.2 Å². The molecule has 2 aromatic carbocycles. The predicted molar refractivity (Wildman–Crippen MR) is 121 cm³/mol. The number of halogens is 1. The number of carbonyl (C=O) groups excluding carboxylic acids is 1. The van der Waals surface area contributed by atoms with E-state index in [1.807, 2.05) is 24.3 Å². The zero-order chi connectivity index (χ0) is 22.9. The highest BCUT2D eigenvalue weighted by atomic mass is 19.1. The minimum absolute atomic E-state index is 0.0280. The summed E-state index contributed by atoms with van der Waals surface area (Å²) >= 11 is 0. The van der Waals surface area contributed by atoms with Gasteiger partial charge in [-0.2, -0.15) is 10.4 Å². The molecule has 6 nitrogen and oxygen atoms in total. The van der Waals surface area contributed by atoms with Gasteiger partial charge in [0.05, 0.1) is 29.8 Å². The molecule has 1 saturated heterocycles. The molecule has 1 aromatic heterocycles. The molecular weight excluding hydrogens is 419 g/mol. The van der Waals surface area contributed by atoms with Gasteiger partial charge in [-0.15, -0.1) is 0 Å². The summed E-state index contributed by atoms with van der Waals surface area (Å²) in [5, 5.41) is 16.5. The maximum atomic E-state index is 14.0. The fourth-order valence-corrected chi connectivity index (χ4v) is 5.26. The lowest BCUT2D eigenvalue weighted by atomic mass is 9.81. The van der Waals surface area contributed by atoms with E-state index >= 15 is 0 Å². The summed E-state index contributed by atoms with van der Waals surface area (Å²) < 4.78 is 16.1. The van der Waals surface area contributed by atoms with Crippen molar-refractivity contribution < 1.29 is 14.0 Å². The lowest BCUT2D eigenvalue weighted by Crippen LogP contribution is -2.37. The number of hydrogen-bond donors (Lipinski definition) is 0. The normalized spacial score (nSPS) is 23.1. The van der Waals surface area contributed by atoms with E-state index in [4.69, 9.17) is 15.2 Å². The standard InChI is InChI=1S/C26H27FN4O2/c1-17-23-4-2-3-5-24(23)29-30(17)16-18-6-8-20(9-7-18)26(32)31-25(10-11-33-31)21-12-19(15-28)13-22(27)14-21/h2-5,12-14,18,20,25H,6-11,16H2,1H3/t18-,20-,25-/m0/s1. The summed E-state index contributed by atoms with van der Waals surface area (Å²) in [6, 6.07) is 14.1. The van der Waals surface area contributed by atoms with Gasteiger partial charge < -0.3 is 0 Å². The van der Waals surface area contributed by atoms with Crippen LogP contribution in [0, 0.1) is 35.9 Å². The molecule has 33 heavy (non-hydrogen) atoms. The van der Waals surface area contributed by atoms with Crippen LogP contribution in [-0.4, -0.2) is 27.4 Å². The van der Waals surface area contributed by atoms with Gasteiger partial charge in [0.1, 0.15) is 5.82 Å². The second-order valence-corrected chi connectivity index (χ2v) is 9.19. The van der Waals surface area contributed by atoms with E-state index in [2.05, 4.69) is 17.7 Å². The zero-order valence-electron chi connectivity index (χ0n) is 18.7. The number of benzene rings is 2. The first-order valence-corrected chi connectivity index (χ1v) is 11.6. The van der Waals surface area contributed by atoms with Crippen LogP contribution in [0.25, 0.3) is 10.9 Å². The Bertz CT molecular complexity index is 1220. The number of hydroxylamine groups is 2. The van der Waals surface area contributed by atoms with Crippen molar-refractivity contribution in [3.63, 3.8) is 0 Å². The quantitative estimate of drug-likeness (QED) is 0.561. The first-order valence-electron chi connectivity index (χ1n) is 11.6. The molecule has 0 unspecified atom stereocenters. The lowest BCUT2D eigenvalue weighted by Gasteiger charge is -2.32. The molecule has 0 bridgehead atoms. The van der Waals surface area contributed by atoms with Crippen molar-refractivity contribution in [3.05, 3.63) is 65.1 Å². The second-order valence-electron chi connectivity index (χ2n) is 9.19. The van der Waals surface area contributed by atoms with Crippen LogP contribution in [0.1, 0.15) is 55.0 Å². The number of amides is 1. The Labute approximate surface area is 192 Å². The molecule has 3 aromatic rings. The maximum absolute atomic E-state index is 14.0. The van der Waals surface area contributed by atoms with E-state index in [9.17, 15) is 9.18 Å². The molecule has 1 atom stereocenters. The van der Waals surface area contributed by atoms with Crippen LogP contribution in [0.3, 0.4) is 0 Å². The fraction of sp³-hybridized carbons (Fsp3) is 0.423. The van der Waals surface area contributed by atoms with Gasteiger partial charge in [0.15, 0.2) is 0 Å². The molecule has 1 aliphatic heterocycles. The average Bonchev–Trinajstić information content (AvgIpc) is 3.44. The highest BCUT2D eigenvalue weighted by Crippen LogP contribution is 2.37. The predicted octanol–water partition coefficient (Wildman–Crippen LogP) is 5.07. The topological polar surface area (TPSA) is 71.2 Å². The molecule has 1 aliphatic carbocycles. The van der Waals surface area contributed by atoms with Crippen LogP contribution in [0.2, 0.25) is 0 Å². The highest BCUT2D eigenvalue weighted by Gasteiger charge is 2.37. The molecule has 2 heterocycles. The van der Waals surface area contributed by atoms with Crippen LogP contribution >= 0.6 is 0 Å². The summed E-state index contributed by atoms with van der Waals surface area (Å²) in [7, 11) is 0. The number of aromatic nitrogens is 2. The first kappa shape index (κ1) is 21.6. The van der Waals surface area contributed by atoms with Gasteiger partial charge >= 0.3 is 0 Å². The SMILES string of the molecule is Cc1c2ccccc2nn1C[C@H]1CC[C@H](C(=O)N2OCC[C@H]2c2cc(F)cc(C#N)c2)CC1. The molecule has 7 heteroatoms. The number of aryl methyl sites for hydroxylation is 1. The number of carbonyl (C=O) groups is 1. The summed E-state index contributed by atoms with van der Waals surface area (Å²) in [5.41, 5.74) is 3.08. The molecule has 5 rings (SSSR count). The van der Waals surface area contributed by atoms with Gasteiger partial charge in [-0.05, 0) is 68.4 Å². The van der Waals surface area contributed by atoms with Gasteiger partial charge in [0.2, 0.25) is 5.91 Å². The third kappa shape index (κ3) is 4.23. The molecule has 0 spiro atoms. The Hall–Kier alpha value is -3.24. The smallest absolute Gasteiger partial charge is 0.249 e. The van der Waals surface area contributed by atoms with E-state index < -0.39 is 5.82 Å². The third-order valence-electron chi connectivity index (χ3n) is 7.09. The largest absolute Gasteiger partial charge is 0.272 e. The summed E-state index contributed by atoms with van der Waals surface area (Å²) in [4.78, 5) is 19.0. The third-order valence-corrected chi connectivity index (χ3v) is 7.09. The number of fused-ring (bicyclic) bond motifs is 1. The minimum atomic E-state index is -0.467. The molecule has 1 amide bonds. The monoisotopic (exact) mass is 446 g/mol. The number of hydrogen-bond acceptors (Lipinski definition) is 4. The van der Waals surface area contributed by atoms with Crippen molar-refractivity contribution in [1.29, 1.82) is 5.26 Å². The van der Waals surface area contributed by atoms with Crippen molar-refractivity contribution in [2.75, 3.05) is 6.61 Å². The molecular formula is C26H27FN4O2. The Kier molecular flexibility index (Phi) is 5.86. The average molecular weight is 447 g/mol. The van der Waals surface area contributed by atoms with Crippen molar-refractivity contribution in [2.45, 2.75) is 51.6 Å². The van der Waals surface area contributed by atoms with Crippen molar-refractivity contribution in [3.8, 4) is 6.07 Å². The van der Waals surface area contributed by atoms with E-state index in [0.717, 1.165) is 37.7 Å². The van der Waals surface area contributed by atoms with Crippen LogP contribution in [0.5, 0.6) is 0 Å². The van der Waals surface area contributed by atoms with Gasteiger partial charge in [-0.25, -0.2) is 9.45 Å². The Morgan fingerprint density at radius 1 is 1.18 bits per heavy atom. The second kappa shape index (κ2) is 8.95. The van der Waals surface area contributed by atoms with Crippen molar-refractivity contribution >= 4 is 16.8 Å². The zero-order valence-corrected chi connectivity index (χ0v) is 18.7. The number of nitriles is 1. The fourth-order valence-electron chi connectivity index (χ4n) is 5.26. The molecule has 2 aliphatic rings. The Morgan fingerprint density at radius 2 is 1.97 bits per heavy atom. The number of rotatable bonds is 4. The van der Waals surface area contributed by atoms with Crippen LogP contribution in [0.4, 0.5) is 4.39 Å². The maximum Gasteiger partial charge on any atom is 0.249 e. The van der Waals surface area contributed by atoms with Crippen molar-refractivity contribution in [1.82, 2.24) is 14.8 Å². The molecule has 0 radical (unpaired) electrons. The summed E-state index contributed by atoms with van der Waals surface area (Å²) in [5.74, 6) is -0.104. The van der Waals surface area contributed by atoms with Gasteiger partial charge in [-0.3, -0.25) is 14.3 Å². The van der Waals surface area contributed by atoms with Crippen molar-refractivity contribution in [2.24, 2.45) is 11.8 Å². The molecule has 0 N–H and O–H groups in total. The van der Waals surface area contributed by atoms with E-state index in [-0.39, 0.29) is 23.4 Å². The van der Waals surface area contributed by atoms with Crippen LogP contribution in [-0.2, 0) is 16.2 Å². The summed E-state index contributed by atoms with van der Waals surface area (Å²) in [6.45, 7) is 3.39. The highest BCUT2D eigenvalue weighted by molar-refractivity contribution is 5.81. The lowest BCUT2D eigenvalue weighted by molar-refractivity contribution is -0.183. The first-order chi connectivity index (χ1) is 16.0.